The van der Waals surface area contributed by atoms with Gasteiger partial charge in [0.15, 0.2) is 0 Å². The minimum absolute atomic E-state index is 0.120. The van der Waals surface area contributed by atoms with Crippen LogP contribution in [0.25, 0.3) is 0 Å². The van der Waals surface area contributed by atoms with E-state index in [4.69, 9.17) is 4.74 Å². The molecule has 0 radical (unpaired) electrons. The Morgan fingerprint density at radius 3 is 1.69 bits per heavy atom. The third-order valence-corrected chi connectivity index (χ3v) is 8.52. The van der Waals surface area contributed by atoms with Crippen molar-refractivity contribution in [2.24, 2.45) is 29.1 Å². The number of ether oxygens (including phenoxy) is 1. The average Bonchev–Trinajstić information content (AvgIpc) is 2.86. The fraction of sp³-hybridized carbons (Fsp3) is 0.968. The molecule has 4 nitrogen and oxygen atoms in total. The van der Waals surface area contributed by atoms with Crippen molar-refractivity contribution in [3.05, 3.63) is 0 Å². The van der Waals surface area contributed by atoms with Gasteiger partial charge in [-0.05, 0) is 42.9 Å². The molecule has 0 saturated heterocycles. The van der Waals surface area contributed by atoms with Gasteiger partial charge in [0.25, 0.3) is 0 Å². The smallest absolute Gasteiger partial charge is 0.313 e. The molecule has 0 bridgehead atoms. The summed E-state index contributed by atoms with van der Waals surface area (Å²) in [5, 5.41) is 19.3. The molecule has 2 N–H and O–H groups in total. The van der Waals surface area contributed by atoms with E-state index in [1.54, 1.807) is 0 Å². The highest BCUT2D eigenvalue weighted by molar-refractivity contribution is 5.78. The third-order valence-electron chi connectivity index (χ3n) is 8.52. The third kappa shape index (κ3) is 11.5. The molecule has 0 saturated carbocycles. The monoisotopic (exact) mass is 498 g/mol. The quantitative estimate of drug-likeness (QED) is 0.110. The van der Waals surface area contributed by atoms with Crippen LogP contribution in [0, 0.1) is 29.1 Å². The Bertz CT molecular complexity index is 492. The highest BCUT2D eigenvalue weighted by Crippen LogP contribution is 2.53. The van der Waals surface area contributed by atoms with Gasteiger partial charge in [0, 0.05) is 0 Å². The minimum Gasteiger partial charge on any atom is -0.462 e. The van der Waals surface area contributed by atoms with Crippen molar-refractivity contribution < 1.29 is 19.7 Å². The molecule has 0 rings (SSSR count). The Morgan fingerprint density at radius 2 is 1.20 bits per heavy atom. The van der Waals surface area contributed by atoms with E-state index < -0.39 is 11.5 Å². The first-order chi connectivity index (χ1) is 16.8. The van der Waals surface area contributed by atoms with Crippen molar-refractivity contribution in [1.29, 1.82) is 0 Å². The SMILES string of the molecule is CCCCCCCC(C(C)CCCC)C(C(=O)OCC(O)CO)(C(C)CCCC)C(C)CCCC. The molecule has 0 aromatic heterocycles. The van der Waals surface area contributed by atoms with E-state index in [-0.39, 0.29) is 36.9 Å². The van der Waals surface area contributed by atoms with Gasteiger partial charge in [-0.25, -0.2) is 0 Å². The predicted octanol–water partition coefficient (Wildman–Crippen LogP) is 8.32. The maximum atomic E-state index is 14.2. The molecule has 0 aromatic carbocycles. The van der Waals surface area contributed by atoms with E-state index in [1.807, 2.05) is 0 Å². The minimum atomic E-state index is -1.02. The first-order valence-corrected chi connectivity index (χ1v) is 15.2. The van der Waals surface area contributed by atoms with Gasteiger partial charge in [-0.2, -0.15) is 0 Å². The lowest BCUT2D eigenvalue weighted by atomic mass is 9.54. The van der Waals surface area contributed by atoms with Crippen molar-refractivity contribution in [2.75, 3.05) is 13.2 Å². The molecule has 0 fully saturated rings. The van der Waals surface area contributed by atoms with Crippen molar-refractivity contribution >= 4 is 5.97 Å². The van der Waals surface area contributed by atoms with Crippen LogP contribution in [0.5, 0.6) is 0 Å². The summed E-state index contributed by atoms with van der Waals surface area (Å²) >= 11 is 0. The van der Waals surface area contributed by atoms with Crippen LogP contribution in [0.1, 0.15) is 145 Å². The van der Waals surface area contributed by atoms with Gasteiger partial charge in [0.1, 0.15) is 12.7 Å². The molecule has 4 heteroatoms. The van der Waals surface area contributed by atoms with Crippen molar-refractivity contribution in [2.45, 2.75) is 151 Å². The van der Waals surface area contributed by atoms with E-state index in [0.29, 0.717) is 5.92 Å². The Balaban J connectivity index is 6.44. The van der Waals surface area contributed by atoms with Crippen molar-refractivity contribution in [3.63, 3.8) is 0 Å². The zero-order valence-electron chi connectivity index (χ0n) is 24.6. The number of esters is 1. The topological polar surface area (TPSA) is 66.8 Å². The van der Waals surface area contributed by atoms with Crippen LogP contribution in [-0.4, -0.2) is 35.5 Å². The molecule has 35 heavy (non-hydrogen) atoms. The first kappa shape index (κ1) is 34.4. The lowest BCUT2D eigenvalue weighted by Crippen LogP contribution is -2.52. The normalized spacial score (nSPS) is 17.9. The van der Waals surface area contributed by atoms with E-state index >= 15 is 0 Å². The summed E-state index contributed by atoms with van der Waals surface area (Å²) in [4.78, 5) is 14.2. The number of aliphatic hydroxyl groups is 2. The molecule has 0 spiro atoms. The van der Waals surface area contributed by atoms with E-state index in [2.05, 4.69) is 48.5 Å². The van der Waals surface area contributed by atoms with E-state index in [1.165, 1.54) is 38.5 Å². The predicted molar refractivity (Wildman–Crippen MR) is 149 cm³/mol. The average molecular weight is 499 g/mol. The first-order valence-electron chi connectivity index (χ1n) is 15.2. The molecule has 0 aromatic rings. The van der Waals surface area contributed by atoms with Gasteiger partial charge in [0.2, 0.25) is 0 Å². The summed E-state index contributed by atoms with van der Waals surface area (Å²) in [6.45, 7) is 15.4. The highest BCUT2D eigenvalue weighted by Gasteiger charge is 2.54. The molecule has 0 amide bonds. The van der Waals surface area contributed by atoms with Crippen LogP contribution in [0.2, 0.25) is 0 Å². The van der Waals surface area contributed by atoms with Gasteiger partial charge in [-0.3, -0.25) is 4.79 Å². The van der Waals surface area contributed by atoms with Crippen LogP contribution in [0.15, 0.2) is 0 Å². The van der Waals surface area contributed by atoms with Crippen LogP contribution >= 0.6 is 0 Å². The Morgan fingerprint density at radius 1 is 0.714 bits per heavy atom. The van der Waals surface area contributed by atoms with Crippen LogP contribution < -0.4 is 0 Å². The van der Waals surface area contributed by atoms with Gasteiger partial charge < -0.3 is 14.9 Å². The lowest BCUT2D eigenvalue weighted by molar-refractivity contribution is -0.177. The molecule has 0 aliphatic rings. The Labute approximate surface area is 219 Å². The molecular weight excluding hydrogens is 436 g/mol. The maximum Gasteiger partial charge on any atom is 0.313 e. The Kier molecular flexibility index (Phi) is 20.1. The molecule has 0 heterocycles. The summed E-state index contributed by atoms with van der Waals surface area (Å²) in [5.41, 5.74) is -0.558. The fourth-order valence-corrected chi connectivity index (χ4v) is 6.31. The van der Waals surface area contributed by atoms with Crippen molar-refractivity contribution in [3.8, 4) is 0 Å². The maximum absolute atomic E-state index is 14.2. The number of hydrogen-bond acceptors (Lipinski definition) is 4. The molecule has 5 unspecified atom stereocenters. The highest BCUT2D eigenvalue weighted by atomic mass is 16.5. The number of rotatable bonds is 23. The van der Waals surface area contributed by atoms with Crippen molar-refractivity contribution in [1.82, 2.24) is 0 Å². The second kappa shape index (κ2) is 20.4. The lowest BCUT2D eigenvalue weighted by Gasteiger charge is -2.50. The molecule has 0 aliphatic carbocycles. The largest absolute Gasteiger partial charge is 0.462 e. The van der Waals surface area contributed by atoms with Gasteiger partial charge >= 0.3 is 5.97 Å². The molecular formula is C31H62O4. The summed E-state index contributed by atoms with van der Waals surface area (Å²) < 4.78 is 5.89. The second-order valence-electron chi connectivity index (χ2n) is 11.4. The van der Waals surface area contributed by atoms with E-state index in [0.717, 1.165) is 57.8 Å². The fourth-order valence-electron chi connectivity index (χ4n) is 6.31. The number of unbranched alkanes of at least 4 members (excludes halogenated alkanes) is 7. The summed E-state index contributed by atoms with van der Waals surface area (Å²) in [6.07, 6.45) is 16.3. The van der Waals surface area contributed by atoms with Gasteiger partial charge in [-0.15, -0.1) is 0 Å². The van der Waals surface area contributed by atoms with Crippen LogP contribution in [-0.2, 0) is 9.53 Å². The van der Waals surface area contributed by atoms with Gasteiger partial charge in [-0.1, -0.05) is 126 Å². The molecule has 210 valence electrons. The van der Waals surface area contributed by atoms with E-state index in [9.17, 15) is 15.0 Å². The summed E-state index contributed by atoms with van der Waals surface area (Å²) in [5.74, 6) is 1.03. The summed E-state index contributed by atoms with van der Waals surface area (Å²) in [6, 6.07) is 0. The Hall–Kier alpha value is -0.610. The number of aliphatic hydroxyl groups excluding tert-OH is 2. The zero-order chi connectivity index (χ0) is 26.7. The standard InChI is InChI=1S/C31H62O4/c1-8-12-16-17-18-22-29(25(5)19-13-9-2)31(26(6)20-14-10-3,27(7)21-15-11-4)30(34)35-24-28(33)23-32/h25-29,32-33H,8-24H2,1-7H3. The van der Waals surface area contributed by atoms with Gasteiger partial charge in [0.05, 0.1) is 12.0 Å². The number of hydrogen-bond donors (Lipinski definition) is 2. The van der Waals surface area contributed by atoms with Crippen LogP contribution in [0.4, 0.5) is 0 Å². The second-order valence-corrected chi connectivity index (χ2v) is 11.4. The number of carbonyl (C=O) groups is 1. The zero-order valence-corrected chi connectivity index (χ0v) is 24.6. The number of carbonyl (C=O) groups excluding carboxylic acids is 1. The molecule has 0 aliphatic heterocycles. The van der Waals surface area contributed by atoms with Crippen LogP contribution in [0.3, 0.4) is 0 Å². The summed E-state index contributed by atoms with van der Waals surface area (Å²) in [7, 11) is 0. The molecule has 5 atom stereocenters.